The predicted molar refractivity (Wildman–Crippen MR) is 97.8 cm³/mol. The lowest BCUT2D eigenvalue weighted by molar-refractivity contribution is 0.114. The Kier molecular flexibility index (Phi) is 6.46. The monoisotopic (exact) mass is 321 g/mol. The van der Waals surface area contributed by atoms with E-state index in [2.05, 4.69) is 60.6 Å². The summed E-state index contributed by atoms with van der Waals surface area (Å²) in [6, 6.07) is 8.90. The zero-order valence-electron chi connectivity index (χ0n) is 13.8. The van der Waals surface area contributed by atoms with Gasteiger partial charge < -0.3 is 20.3 Å². The van der Waals surface area contributed by atoms with Crippen LogP contribution in [0.5, 0.6) is 0 Å². The van der Waals surface area contributed by atoms with Gasteiger partial charge in [0.2, 0.25) is 0 Å². The van der Waals surface area contributed by atoms with Crippen molar-refractivity contribution in [2.24, 2.45) is 0 Å². The molecule has 0 aromatic heterocycles. The van der Waals surface area contributed by atoms with E-state index in [1.165, 1.54) is 5.69 Å². The number of hydrogen-bond acceptors (Lipinski definition) is 3. The van der Waals surface area contributed by atoms with Gasteiger partial charge in [0.05, 0.1) is 6.10 Å². The van der Waals surface area contributed by atoms with E-state index in [1.54, 1.807) is 0 Å². The molecule has 122 valence electrons. The van der Waals surface area contributed by atoms with Crippen molar-refractivity contribution in [3.63, 3.8) is 0 Å². The summed E-state index contributed by atoms with van der Waals surface area (Å²) in [5.74, 6) is 0. The number of ether oxygens (including phenoxy) is 1. The smallest absolute Gasteiger partial charge is 0.170 e. The summed E-state index contributed by atoms with van der Waals surface area (Å²) in [4.78, 5) is 2.36. The van der Waals surface area contributed by atoms with Gasteiger partial charge in [0.25, 0.3) is 0 Å². The van der Waals surface area contributed by atoms with Crippen molar-refractivity contribution in [2.45, 2.75) is 45.8 Å². The number of anilines is 2. The highest BCUT2D eigenvalue weighted by Crippen LogP contribution is 2.19. The Hall–Kier alpha value is -1.33. The first-order valence-corrected chi connectivity index (χ1v) is 8.54. The van der Waals surface area contributed by atoms with Crippen molar-refractivity contribution in [3.05, 3.63) is 24.3 Å². The van der Waals surface area contributed by atoms with Crippen LogP contribution in [0.3, 0.4) is 0 Å². The highest BCUT2D eigenvalue weighted by Gasteiger charge is 2.15. The van der Waals surface area contributed by atoms with Crippen molar-refractivity contribution < 1.29 is 4.74 Å². The Morgan fingerprint density at radius 3 is 2.64 bits per heavy atom. The maximum atomic E-state index is 5.57. The fourth-order valence-corrected chi connectivity index (χ4v) is 2.97. The van der Waals surface area contributed by atoms with E-state index in [9.17, 15) is 0 Å². The number of hydrogen-bond donors (Lipinski definition) is 2. The quantitative estimate of drug-likeness (QED) is 0.786. The number of nitrogens with zero attached hydrogens (tertiary/aromatic N) is 1. The SMILES string of the molecule is CCN(c1ccc(NC(=S)NC[C@@H]2CCCO2)cc1)C(C)C. The minimum Gasteiger partial charge on any atom is -0.376 e. The van der Waals surface area contributed by atoms with E-state index in [-0.39, 0.29) is 0 Å². The van der Waals surface area contributed by atoms with Gasteiger partial charge in [0.15, 0.2) is 5.11 Å². The molecule has 1 saturated heterocycles. The Bertz CT molecular complexity index is 469. The van der Waals surface area contributed by atoms with Crippen molar-refractivity contribution in [2.75, 3.05) is 29.9 Å². The molecule has 0 bridgehead atoms. The van der Waals surface area contributed by atoms with Gasteiger partial charge in [-0.2, -0.15) is 0 Å². The standard InChI is InChI=1S/C17H27N3OS/c1-4-20(13(2)3)15-9-7-14(8-10-15)19-17(22)18-12-16-6-5-11-21-16/h7-10,13,16H,4-6,11-12H2,1-3H3,(H2,18,19,22)/t16-/m0/s1. The number of thiocarbonyl (C=S) groups is 1. The molecule has 5 heteroatoms. The molecule has 0 aliphatic carbocycles. The van der Waals surface area contributed by atoms with Crippen LogP contribution in [0, 0.1) is 0 Å². The fraction of sp³-hybridized carbons (Fsp3) is 0.588. The van der Waals surface area contributed by atoms with Gasteiger partial charge in [-0.1, -0.05) is 0 Å². The number of benzene rings is 1. The molecular weight excluding hydrogens is 294 g/mol. The van der Waals surface area contributed by atoms with E-state index in [0.29, 0.717) is 17.3 Å². The molecular formula is C17H27N3OS. The maximum absolute atomic E-state index is 5.57. The summed E-state index contributed by atoms with van der Waals surface area (Å²) < 4.78 is 5.57. The molecule has 1 fully saturated rings. The molecule has 1 atom stereocenters. The van der Waals surface area contributed by atoms with Crippen LogP contribution < -0.4 is 15.5 Å². The van der Waals surface area contributed by atoms with Gasteiger partial charge >= 0.3 is 0 Å². The summed E-state index contributed by atoms with van der Waals surface area (Å²) >= 11 is 5.33. The molecule has 1 aromatic rings. The molecule has 0 saturated carbocycles. The Morgan fingerprint density at radius 2 is 2.09 bits per heavy atom. The van der Waals surface area contributed by atoms with Gasteiger partial charge in [-0.3, -0.25) is 0 Å². The summed E-state index contributed by atoms with van der Waals surface area (Å²) in [6.07, 6.45) is 2.57. The van der Waals surface area contributed by atoms with E-state index < -0.39 is 0 Å². The first-order valence-electron chi connectivity index (χ1n) is 8.13. The Morgan fingerprint density at radius 1 is 1.36 bits per heavy atom. The Balaban J connectivity index is 1.83. The molecule has 0 unspecified atom stereocenters. The van der Waals surface area contributed by atoms with Crippen LogP contribution in [0.25, 0.3) is 0 Å². The Labute approximate surface area is 139 Å². The summed E-state index contributed by atoms with van der Waals surface area (Å²) in [6.45, 7) is 9.25. The molecule has 4 nitrogen and oxygen atoms in total. The van der Waals surface area contributed by atoms with E-state index in [1.807, 2.05) is 0 Å². The topological polar surface area (TPSA) is 36.5 Å². The van der Waals surface area contributed by atoms with E-state index >= 15 is 0 Å². The highest BCUT2D eigenvalue weighted by molar-refractivity contribution is 7.80. The van der Waals surface area contributed by atoms with Crippen LogP contribution in [0.4, 0.5) is 11.4 Å². The highest BCUT2D eigenvalue weighted by atomic mass is 32.1. The lowest BCUT2D eigenvalue weighted by Gasteiger charge is -2.27. The molecule has 1 aromatic carbocycles. The third-order valence-corrected chi connectivity index (χ3v) is 4.18. The summed E-state index contributed by atoms with van der Waals surface area (Å²) in [7, 11) is 0. The van der Waals surface area contributed by atoms with Crippen LogP contribution in [-0.2, 0) is 4.74 Å². The zero-order valence-corrected chi connectivity index (χ0v) is 14.6. The van der Waals surface area contributed by atoms with Gasteiger partial charge in [-0.05, 0) is 70.1 Å². The van der Waals surface area contributed by atoms with Crippen LogP contribution in [0.15, 0.2) is 24.3 Å². The minimum absolute atomic E-state index is 0.297. The van der Waals surface area contributed by atoms with Crippen molar-refractivity contribution in [1.29, 1.82) is 0 Å². The zero-order chi connectivity index (χ0) is 15.9. The van der Waals surface area contributed by atoms with Gasteiger partial charge in [-0.25, -0.2) is 0 Å². The molecule has 22 heavy (non-hydrogen) atoms. The first kappa shape index (κ1) is 17.0. The number of nitrogens with one attached hydrogen (secondary N) is 2. The lowest BCUT2D eigenvalue weighted by atomic mass is 10.2. The third-order valence-electron chi connectivity index (χ3n) is 3.94. The van der Waals surface area contributed by atoms with Gasteiger partial charge in [0.1, 0.15) is 0 Å². The molecule has 1 heterocycles. The summed E-state index contributed by atoms with van der Waals surface area (Å²) in [5.41, 5.74) is 2.25. The molecule has 1 aliphatic rings. The summed E-state index contributed by atoms with van der Waals surface area (Å²) in [5, 5.41) is 7.10. The van der Waals surface area contributed by atoms with Gasteiger partial charge in [-0.15, -0.1) is 0 Å². The van der Waals surface area contributed by atoms with Crippen molar-refractivity contribution in [1.82, 2.24) is 5.32 Å². The molecule has 1 aliphatic heterocycles. The first-order chi connectivity index (χ1) is 10.6. The predicted octanol–water partition coefficient (Wildman–Crippen LogP) is 3.39. The molecule has 2 N–H and O–H groups in total. The normalized spacial score (nSPS) is 17.5. The van der Waals surface area contributed by atoms with Crippen molar-refractivity contribution >= 4 is 28.7 Å². The minimum atomic E-state index is 0.297. The van der Waals surface area contributed by atoms with E-state index in [4.69, 9.17) is 17.0 Å². The molecule has 2 rings (SSSR count). The molecule has 0 radical (unpaired) electrons. The molecule has 0 amide bonds. The fourth-order valence-electron chi connectivity index (χ4n) is 2.77. The van der Waals surface area contributed by atoms with Crippen LogP contribution in [0.1, 0.15) is 33.6 Å². The van der Waals surface area contributed by atoms with Gasteiger partial charge in [0, 0.05) is 37.1 Å². The average Bonchev–Trinajstić information content (AvgIpc) is 3.01. The second-order valence-corrected chi connectivity index (χ2v) is 6.30. The average molecular weight is 321 g/mol. The van der Waals surface area contributed by atoms with Crippen LogP contribution in [-0.4, -0.2) is 37.0 Å². The second kappa shape index (κ2) is 8.34. The molecule has 0 spiro atoms. The number of rotatable bonds is 6. The van der Waals surface area contributed by atoms with Crippen LogP contribution >= 0.6 is 12.2 Å². The third kappa shape index (κ3) is 4.85. The second-order valence-electron chi connectivity index (χ2n) is 5.90. The van der Waals surface area contributed by atoms with Crippen LogP contribution in [0.2, 0.25) is 0 Å². The maximum Gasteiger partial charge on any atom is 0.170 e. The largest absolute Gasteiger partial charge is 0.376 e. The van der Waals surface area contributed by atoms with E-state index in [0.717, 1.165) is 38.2 Å². The lowest BCUT2D eigenvalue weighted by Crippen LogP contribution is -2.34. The van der Waals surface area contributed by atoms with Crippen molar-refractivity contribution in [3.8, 4) is 0 Å².